The van der Waals surface area contributed by atoms with E-state index in [-0.39, 0.29) is 6.03 Å². The van der Waals surface area contributed by atoms with Crippen LogP contribution in [0.2, 0.25) is 0 Å². The summed E-state index contributed by atoms with van der Waals surface area (Å²) < 4.78 is 0. The van der Waals surface area contributed by atoms with Crippen molar-refractivity contribution in [3.05, 3.63) is 65.4 Å². The van der Waals surface area contributed by atoms with E-state index in [0.717, 1.165) is 18.4 Å². The van der Waals surface area contributed by atoms with Gasteiger partial charge in [0.05, 0.1) is 0 Å². The van der Waals surface area contributed by atoms with E-state index in [1.54, 1.807) is 0 Å². The van der Waals surface area contributed by atoms with Crippen LogP contribution in [0.1, 0.15) is 16.7 Å². The molecular formula is C22H28N4O. The van der Waals surface area contributed by atoms with Crippen molar-refractivity contribution in [2.75, 3.05) is 32.1 Å². The number of benzene rings is 2. The summed E-state index contributed by atoms with van der Waals surface area (Å²) in [6, 6.07) is 14.7. The second-order valence-corrected chi connectivity index (χ2v) is 7.11. The summed E-state index contributed by atoms with van der Waals surface area (Å²) >= 11 is 0. The number of carbonyl (C=O) groups excluding carboxylic acids is 1. The molecule has 0 spiro atoms. The maximum absolute atomic E-state index is 12.0. The lowest BCUT2D eigenvalue weighted by Crippen LogP contribution is -2.37. The zero-order valence-corrected chi connectivity index (χ0v) is 16.3. The number of amides is 2. The van der Waals surface area contributed by atoms with Gasteiger partial charge in [0, 0.05) is 50.0 Å². The standard InChI is InChI=1S/C22H28N4O/c1-16-4-9-20-18(15-25-21(20)14-16)11-13-24-22(27)23-12-10-17-5-7-19(8-6-17)26(2)3/h4-9,14-15,25H,10-13H2,1-3H3,(H2,23,24,27). The molecule has 0 aliphatic heterocycles. The molecule has 2 amide bonds. The highest BCUT2D eigenvalue weighted by Crippen LogP contribution is 2.19. The first-order chi connectivity index (χ1) is 13.0. The van der Waals surface area contributed by atoms with E-state index in [1.807, 2.05) is 20.3 Å². The summed E-state index contributed by atoms with van der Waals surface area (Å²) in [6.45, 7) is 3.33. The second kappa shape index (κ2) is 8.62. The average Bonchev–Trinajstić information content (AvgIpc) is 3.04. The number of carbonyl (C=O) groups is 1. The summed E-state index contributed by atoms with van der Waals surface area (Å²) in [5.74, 6) is 0. The quantitative estimate of drug-likeness (QED) is 0.600. The number of nitrogens with zero attached hydrogens (tertiary/aromatic N) is 1. The number of hydrogen-bond acceptors (Lipinski definition) is 2. The van der Waals surface area contributed by atoms with Crippen LogP contribution in [0.3, 0.4) is 0 Å². The Morgan fingerprint density at radius 3 is 2.41 bits per heavy atom. The molecule has 0 saturated heterocycles. The molecule has 0 fully saturated rings. The molecule has 5 nitrogen and oxygen atoms in total. The molecule has 0 radical (unpaired) electrons. The summed E-state index contributed by atoms with van der Waals surface area (Å²) in [5.41, 5.74) is 6.01. The molecule has 5 heteroatoms. The molecule has 3 aromatic rings. The number of H-pyrrole nitrogens is 1. The number of aromatic amines is 1. The van der Waals surface area contributed by atoms with Crippen LogP contribution < -0.4 is 15.5 Å². The Morgan fingerprint density at radius 1 is 1.00 bits per heavy atom. The van der Waals surface area contributed by atoms with Crippen LogP contribution in [0.15, 0.2) is 48.7 Å². The fraction of sp³-hybridized carbons (Fsp3) is 0.318. The van der Waals surface area contributed by atoms with Gasteiger partial charge in [0.2, 0.25) is 0 Å². The molecule has 0 aliphatic rings. The lowest BCUT2D eigenvalue weighted by Gasteiger charge is -2.13. The van der Waals surface area contributed by atoms with Gasteiger partial charge in [-0.15, -0.1) is 0 Å². The van der Waals surface area contributed by atoms with Gasteiger partial charge in [-0.3, -0.25) is 0 Å². The number of nitrogens with one attached hydrogen (secondary N) is 3. The van der Waals surface area contributed by atoms with E-state index < -0.39 is 0 Å². The molecular weight excluding hydrogens is 336 g/mol. The second-order valence-electron chi connectivity index (χ2n) is 7.11. The Labute approximate surface area is 160 Å². The Morgan fingerprint density at radius 2 is 1.70 bits per heavy atom. The first-order valence-corrected chi connectivity index (χ1v) is 9.37. The molecule has 1 aromatic heterocycles. The molecule has 0 bridgehead atoms. The Hall–Kier alpha value is -2.95. The molecule has 0 saturated carbocycles. The molecule has 3 N–H and O–H groups in total. The van der Waals surface area contributed by atoms with E-state index in [0.29, 0.717) is 13.1 Å². The van der Waals surface area contributed by atoms with Gasteiger partial charge in [-0.1, -0.05) is 24.3 Å². The van der Waals surface area contributed by atoms with Crippen molar-refractivity contribution in [3.63, 3.8) is 0 Å². The van der Waals surface area contributed by atoms with Crippen molar-refractivity contribution in [2.24, 2.45) is 0 Å². The zero-order valence-electron chi connectivity index (χ0n) is 16.3. The number of rotatable bonds is 7. The fourth-order valence-electron chi connectivity index (χ4n) is 3.16. The van der Waals surface area contributed by atoms with Crippen LogP contribution in [0, 0.1) is 6.92 Å². The van der Waals surface area contributed by atoms with E-state index in [9.17, 15) is 4.79 Å². The summed E-state index contributed by atoms with van der Waals surface area (Å²) in [6.07, 6.45) is 3.66. The molecule has 2 aromatic carbocycles. The highest BCUT2D eigenvalue weighted by atomic mass is 16.2. The lowest BCUT2D eigenvalue weighted by molar-refractivity contribution is 0.241. The highest BCUT2D eigenvalue weighted by molar-refractivity contribution is 5.83. The Balaban J connectivity index is 1.39. The minimum absolute atomic E-state index is 0.115. The highest BCUT2D eigenvalue weighted by Gasteiger charge is 2.05. The predicted molar refractivity (Wildman–Crippen MR) is 113 cm³/mol. The Kier molecular flexibility index (Phi) is 6.01. The molecule has 27 heavy (non-hydrogen) atoms. The first kappa shape index (κ1) is 18.8. The normalized spacial score (nSPS) is 10.8. The van der Waals surface area contributed by atoms with Crippen LogP contribution in [-0.4, -0.2) is 38.2 Å². The third kappa shape index (κ3) is 5.03. The molecule has 0 aliphatic carbocycles. The van der Waals surface area contributed by atoms with Crippen molar-refractivity contribution in [2.45, 2.75) is 19.8 Å². The van der Waals surface area contributed by atoms with E-state index in [1.165, 1.54) is 27.8 Å². The third-order valence-electron chi connectivity index (χ3n) is 4.75. The number of urea groups is 1. The topological polar surface area (TPSA) is 60.2 Å². The number of aromatic nitrogens is 1. The largest absolute Gasteiger partial charge is 0.378 e. The molecule has 1 heterocycles. The van der Waals surface area contributed by atoms with Gasteiger partial charge in [0.1, 0.15) is 0 Å². The van der Waals surface area contributed by atoms with Crippen molar-refractivity contribution >= 4 is 22.6 Å². The van der Waals surface area contributed by atoms with Crippen molar-refractivity contribution in [3.8, 4) is 0 Å². The summed E-state index contributed by atoms with van der Waals surface area (Å²) in [5, 5.41) is 7.09. The third-order valence-corrected chi connectivity index (χ3v) is 4.75. The van der Waals surface area contributed by atoms with Gasteiger partial charge >= 0.3 is 6.03 Å². The van der Waals surface area contributed by atoms with Gasteiger partial charge < -0.3 is 20.5 Å². The van der Waals surface area contributed by atoms with E-state index in [2.05, 4.69) is 69.9 Å². The average molecular weight is 364 g/mol. The van der Waals surface area contributed by atoms with Gasteiger partial charge in [-0.2, -0.15) is 0 Å². The zero-order chi connectivity index (χ0) is 19.2. The fourth-order valence-corrected chi connectivity index (χ4v) is 3.16. The molecule has 142 valence electrons. The SMILES string of the molecule is Cc1ccc2c(CCNC(=O)NCCc3ccc(N(C)C)cc3)c[nH]c2c1. The van der Waals surface area contributed by atoms with Gasteiger partial charge in [-0.25, -0.2) is 4.79 Å². The summed E-state index contributed by atoms with van der Waals surface area (Å²) in [7, 11) is 4.05. The van der Waals surface area contributed by atoms with Gasteiger partial charge in [0.25, 0.3) is 0 Å². The summed E-state index contributed by atoms with van der Waals surface area (Å²) in [4.78, 5) is 17.3. The van der Waals surface area contributed by atoms with Crippen LogP contribution in [-0.2, 0) is 12.8 Å². The minimum Gasteiger partial charge on any atom is -0.378 e. The Bertz CT molecular complexity index is 896. The first-order valence-electron chi connectivity index (χ1n) is 9.37. The van der Waals surface area contributed by atoms with E-state index >= 15 is 0 Å². The monoisotopic (exact) mass is 364 g/mol. The smallest absolute Gasteiger partial charge is 0.314 e. The van der Waals surface area contributed by atoms with Crippen molar-refractivity contribution in [1.29, 1.82) is 0 Å². The molecule has 0 atom stereocenters. The van der Waals surface area contributed by atoms with Crippen LogP contribution in [0.5, 0.6) is 0 Å². The van der Waals surface area contributed by atoms with Gasteiger partial charge in [0.15, 0.2) is 0 Å². The predicted octanol–water partition coefficient (Wildman–Crippen LogP) is 3.63. The molecule has 0 unspecified atom stereocenters. The maximum atomic E-state index is 12.0. The van der Waals surface area contributed by atoms with Crippen LogP contribution in [0.4, 0.5) is 10.5 Å². The number of anilines is 1. The minimum atomic E-state index is -0.115. The lowest BCUT2D eigenvalue weighted by atomic mass is 10.1. The number of hydrogen-bond donors (Lipinski definition) is 3. The van der Waals surface area contributed by atoms with Crippen molar-refractivity contribution in [1.82, 2.24) is 15.6 Å². The van der Waals surface area contributed by atoms with Crippen LogP contribution in [0.25, 0.3) is 10.9 Å². The maximum Gasteiger partial charge on any atom is 0.314 e. The van der Waals surface area contributed by atoms with Crippen LogP contribution >= 0.6 is 0 Å². The van der Waals surface area contributed by atoms with Crippen molar-refractivity contribution < 1.29 is 4.79 Å². The van der Waals surface area contributed by atoms with Gasteiger partial charge in [-0.05, 0) is 54.7 Å². The molecule has 3 rings (SSSR count). The van der Waals surface area contributed by atoms with E-state index in [4.69, 9.17) is 0 Å². The number of fused-ring (bicyclic) bond motifs is 1. The number of aryl methyl sites for hydroxylation is 1.